The molecule has 0 aliphatic rings. The number of hydrogen-bond acceptors (Lipinski definition) is 6. The predicted molar refractivity (Wildman–Crippen MR) is 99.0 cm³/mol. The first kappa shape index (κ1) is 17.2. The zero-order chi connectivity index (χ0) is 18.1. The number of anilines is 1. The zero-order valence-electron chi connectivity index (χ0n) is 14.2. The van der Waals surface area contributed by atoms with Gasteiger partial charge in [0.25, 0.3) is 5.91 Å². The van der Waals surface area contributed by atoms with Gasteiger partial charge in [-0.1, -0.05) is 17.7 Å². The number of carbonyl (C=O) groups is 1. The molecule has 1 amide bonds. The van der Waals surface area contributed by atoms with Crippen LogP contribution in [0.5, 0.6) is 0 Å². The number of nitrogens with one attached hydrogen (secondary N) is 2. The summed E-state index contributed by atoms with van der Waals surface area (Å²) in [6, 6.07) is 7.52. The molecule has 1 aromatic carbocycles. The van der Waals surface area contributed by atoms with Crippen molar-refractivity contribution in [1.29, 1.82) is 5.53 Å². The van der Waals surface area contributed by atoms with E-state index in [0.717, 1.165) is 22.5 Å². The van der Waals surface area contributed by atoms with Crippen molar-refractivity contribution in [2.75, 3.05) is 5.32 Å². The van der Waals surface area contributed by atoms with Crippen LogP contribution in [0.4, 0.5) is 11.4 Å². The average Bonchev–Trinajstić information content (AvgIpc) is 2.94. The molecule has 6 nitrogen and oxygen atoms in total. The summed E-state index contributed by atoms with van der Waals surface area (Å²) in [5.41, 5.74) is 11.9. The van der Waals surface area contributed by atoms with E-state index in [1.54, 1.807) is 6.07 Å². The standard InChI is InChI=1S/C18H18N4O2S/c1-9-4-5-13(10(2)6-9)21-17(24)16-15(22-19)14-12(8-23)7-11(3)20-18(14)25-16/h4-7,19,23H,8H2,1-3H3,(H,21,24). The largest absolute Gasteiger partial charge is 0.392 e. The SMILES string of the molecule is Cc1ccc(NC(=O)c2sc3nc(C)cc(CO)c3c2N=N)c(C)c1. The van der Waals surface area contributed by atoms with Gasteiger partial charge in [-0.15, -0.1) is 11.3 Å². The van der Waals surface area contributed by atoms with Crippen molar-refractivity contribution in [3.8, 4) is 0 Å². The molecule has 3 aromatic rings. The van der Waals surface area contributed by atoms with Crippen LogP contribution in [0, 0.1) is 26.3 Å². The van der Waals surface area contributed by atoms with E-state index in [1.165, 1.54) is 11.3 Å². The first-order valence-corrected chi connectivity index (χ1v) is 8.56. The Bertz CT molecular complexity index is 994. The fraction of sp³-hybridized carbons (Fsp3) is 0.222. The lowest BCUT2D eigenvalue weighted by molar-refractivity contribution is 0.103. The zero-order valence-corrected chi connectivity index (χ0v) is 15.0. The van der Waals surface area contributed by atoms with Crippen LogP contribution in [0.1, 0.15) is 32.1 Å². The van der Waals surface area contributed by atoms with Crippen molar-refractivity contribution in [2.45, 2.75) is 27.4 Å². The number of pyridine rings is 1. The average molecular weight is 354 g/mol. The fourth-order valence-corrected chi connectivity index (χ4v) is 3.91. The molecule has 0 aliphatic carbocycles. The number of benzene rings is 1. The van der Waals surface area contributed by atoms with E-state index in [2.05, 4.69) is 15.4 Å². The Morgan fingerprint density at radius 3 is 2.72 bits per heavy atom. The molecule has 0 saturated carbocycles. The van der Waals surface area contributed by atoms with E-state index in [-0.39, 0.29) is 18.2 Å². The minimum absolute atomic E-state index is 0.197. The minimum atomic E-state index is -0.331. The van der Waals surface area contributed by atoms with Gasteiger partial charge in [-0.05, 0) is 44.0 Å². The van der Waals surface area contributed by atoms with Gasteiger partial charge in [-0.2, -0.15) is 5.11 Å². The molecule has 3 rings (SSSR count). The van der Waals surface area contributed by atoms with E-state index in [4.69, 9.17) is 5.53 Å². The molecule has 0 bridgehead atoms. The van der Waals surface area contributed by atoms with Crippen LogP contribution in [0.2, 0.25) is 0 Å². The third kappa shape index (κ3) is 3.16. The number of aromatic nitrogens is 1. The van der Waals surface area contributed by atoms with Crippen molar-refractivity contribution in [1.82, 2.24) is 4.98 Å². The minimum Gasteiger partial charge on any atom is -0.392 e. The molecule has 7 heteroatoms. The van der Waals surface area contributed by atoms with Gasteiger partial charge >= 0.3 is 0 Å². The van der Waals surface area contributed by atoms with Crippen molar-refractivity contribution in [3.63, 3.8) is 0 Å². The Labute approximate surface area is 149 Å². The number of aliphatic hydroxyl groups excluding tert-OH is 1. The molecule has 0 fully saturated rings. The molecule has 25 heavy (non-hydrogen) atoms. The smallest absolute Gasteiger partial charge is 0.268 e. The molecular formula is C18H18N4O2S. The number of hydrogen-bond donors (Lipinski definition) is 3. The van der Waals surface area contributed by atoms with Crippen LogP contribution in [0.25, 0.3) is 10.2 Å². The molecule has 128 valence electrons. The molecule has 0 aliphatic heterocycles. The fourth-order valence-electron chi connectivity index (χ4n) is 2.81. The van der Waals surface area contributed by atoms with Crippen LogP contribution in [-0.4, -0.2) is 16.0 Å². The van der Waals surface area contributed by atoms with Gasteiger partial charge in [-0.25, -0.2) is 10.5 Å². The van der Waals surface area contributed by atoms with Gasteiger partial charge in [0.15, 0.2) is 0 Å². The topological polar surface area (TPSA) is 98.4 Å². The van der Waals surface area contributed by atoms with Crippen molar-refractivity contribution >= 4 is 38.8 Å². The lowest BCUT2D eigenvalue weighted by Crippen LogP contribution is -2.11. The highest BCUT2D eigenvalue weighted by Gasteiger charge is 2.22. The number of amides is 1. The van der Waals surface area contributed by atoms with Crippen LogP contribution < -0.4 is 5.32 Å². The third-order valence-electron chi connectivity index (χ3n) is 3.97. The molecule has 0 radical (unpaired) electrons. The van der Waals surface area contributed by atoms with Gasteiger partial charge in [0.1, 0.15) is 15.4 Å². The summed E-state index contributed by atoms with van der Waals surface area (Å²) >= 11 is 1.18. The van der Waals surface area contributed by atoms with Gasteiger partial charge in [0.2, 0.25) is 0 Å². The summed E-state index contributed by atoms with van der Waals surface area (Å²) in [5.74, 6) is -0.331. The number of nitrogens with zero attached hydrogens (tertiary/aromatic N) is 2. The Kier molecular flexibility index (Phi) is 4.61. The Morgan fingerprint density at radius 1 is 1.32 bits per heavy atom. The monoisotopic (exact) mass is 354 g/mol. The second kappa shape index (κ2) is 6.70. The third-order valence-corrected chi connectivity index (χ3v) is 5.04. The summed E-state index contributed by atoms with van der Waals surface area (Å²) in [6.07, 6.45) is 0. The number of carbonyl (C=O) groups excluding carboxylic acids is 1. The molecule has 0 atom stereocenters. The summed E-state index contributed by atoms with van der Waals surface area (Å²) in [5, 5.41) is 16.6. The van der Waals surface area contributed by atoms with Gasteiger partial charge < -0.3 is 10.4 Å². The number of aliphatic hydroxyl groups is 1. The summed E-state index contributed by atoms with van der Waals surface area (Å²) in [6.45, 7) is 5.55. The highest BCUT2D eigenvalue weighted by molar-refractivity contribution is 7.21. The second-order valence-corrected chi connectivity index (χ2v) is 6.92. The summed E-state index contributed by atoms with van der Waals surface area (Å²) in [7, 11) is 0. The van der Waals surface area contributed by atoms with Gasteiger partial charge in [0.05, 0.1) is 6.61 Å². The first-order chi connectivity index (χ1) is 11.9. The maximum absolute atomic E-state index is 12.8. The predicted octanol–water partition coefficient (Wildman–Crippen LogP) is 4.63. The maximum Gasteiger partial charge on any atom is 0.268 e. The highest BCUT2D eigenvalue weighted by Crippen LogP contribution is 2.39. The second-order valence-electron chi connectivity index (χ2n) is 5.93. The van der Waals surface area contributed by atoms with Gasteiger partial charge in [-0.3, -0.25) is 4.79 Å². The highest BCUT2D eigenvalue weighted by atomic mass is 32.1. The summed E-state index contributed by atoms with van der Waals surface area (Å²) in [4.78, 5) is 18.1. The molecule has 0 saturated heterocycles. The van der Waals surface area contributed by atoms with E-state index in [1.807, 2.05) is 39.0 Å². The quantitative estimate of drug-likeness (QED) is 0.596. The number of fused-ring (bicyclic) bond motifs is 1. The lowest BCUT2D eigenvalue weighted by atomic mass is 10.1. The molecule has 0 unspecified atom stereocenters. The molecule has 2 heterocycles. The van der Waals surface area contributed by atoms with Crippen molar-refractivity contribution in [2.24, 2.45) is 5.11 Å². The Morgan fingerprint density at radius 2 is 2.08 bits per heavy atom. The van der Waals surface area contributed by atoms with Crippen molar-refractivity contribution in [3.05, 3.63) is 51.5 Å². The Hall–Kier alpha value is -2.64. The normalized spacial score (nSPS) is 10.9. The molecular weight excluding hydrogens is 336 g/mol. The van der Waals surface area contributed by atoms with Crippen molar-refractivity contribution < 1.29 is 9.90 Å². The first-order valence-electron chi connectivity index (χ1n) is 7.74. The van der Waals surface area contributed by atoms with Crippen LogP contribution in [0.3, 0.4) is 0 Å². The van der Waals surface area contributed by atoms with Crippen LogP contribution in [0.15, 0.2) is 29.4 Å². The maximum atomic E-state index is 12.8. The lowest BCUT2D eigenvalue weighted by Gasteiger charge is -2.08. The van der Waals surface area contributed by atoms with E-state index >= 15 is 0 Å². The summed E-state index contributed by atoms with van der Waals surface area (Å²) < 4.78 is 0. The van der Waals surface area contributed by atoms with Crippen LogP contribution in [-0.2, 0) is 6.61 Å². The Balaban J connectivity index is 2.08. The van der Waals surface area contributed by atoms with Gasteiger partial charge in [0, 0.05) is 16.8 Å². The van der Waals surface area contributed by atoms with E-state index in [9.17, 15) is 9.90 Å². The number of rotatable bonds is 4. The molecule has 2 aromatic heterocycles. The van der Waals surface area contributed by atoms with E-state index < -0.39 is 0 Å². The molecule has 3 N–H and O–H groups in total. The molecule has 0 spiro atoms. The number of aryl methyl sites for hydroxylation is 3. The van der Waals surface area contributed by atoms with Crippen LogP contribution >= 0.6 is 11.3 Å². The number of thiophene rings is 1. The van der Waals surface area contributed by atoms with E-state index in [0.29, 0.717) is 20.7 Å².